The molecule has 2 aromatic heterocycles. The maximum Gasteiger partial charge on any atom is 0.251 e. The van der Waals surface area contributed by atoms with Crippen LogP contribution in [0.4, 0.5) is 0 Å². The van der Waals surface area contributed by atoms with Crippen molar-refractivity contribution in [1.82, 2.24) is 29.5 Å². The molecule has 5 aromatic rings. The highest BCUT2D eigenvalue weighted by atomic mass is 16.1. The second kappa shape index (κ2) is 9.59. The van der Waals surface area contributed by atoms with Crippen molar-refractivity contribution in [3.05, 3.63) is 95.6 Å². The molecule has 182 valence electrons. The molecule has 0 saturated carbocycles. The van der Waals surface area contributed by atoms with Gasteiger partial charge in [0.25, 0.3) is 5.91 Å². The lowest BCUT2D eigenvalue weighted by molar-refractivity contribution is 0.0949. The van der Waals surface area contributed by atoms with E-state index >= 15 is 0 Å². The zero-order valence-corrected chi connectivity index (χ0v) is 20.5. The maximum absolute atomic E-state index is 12.4. The van der Waals surface area contributed by atoms with Gasteiger partial charge in [0.2, 0.25) is 0 Å². The van der Waals surface area contributed by atoms with Crippen LogP contribution in [0.2, 0.25) is 0 Å². The molecule has 1 aliphatic rings. The minimum absolute atomic E-state index is 0.0944. The molecule has 1 N–H and O–H groups in total. The minimum atomic E-state index is -0.0944. The normalized spacial score (nSPS) is 14.1. The quantitative estimate of drug-likeness (QED) is 0.393. The van der Waals surface area contributed by atoms with E-state index in [1.54, 1.807) is 0 Å². The fourth-order valence-electron chi connectivity index (χ4n) is 5.36. The van der Waals surface area contributed by atoms with Gasteiger partial charge in [-0.3, -0.25) is 9.69 Å². The number of carbonyl (C=O) groups excluding carboxylic acids is 1. The highest BCUT2D eigenvalue weighted by Crippen LogP contribution is 2.30. The van der Waals surface area contributed by atoms with Gasteiger partial charge in [-0.2, -0.15) is 0 Å². The van der Waals surface area contributed by atoms with Crippen molar-refractivity contribution >= 4 is 27.7 Å². The summed E-state index contributed by atoms with van der Waals surface area (Å²) >= 11 is 0. The molecule has 0 fully saturated rings. The van der Waals surface area contributed by atoms with Gasteiger partial charge in [0.05, 0.1) is 6.54 Å². The Balaban J connectivity index is 1.15. The first-order valence-electron chi connectivity index (χ1n) is 12.7. The lowest BCUT2D eigenvalue weighted by atomic mass is 10.1. The number of benzene rings is 3. The van der Waals surface area contributed by atoms with E-state index in [9.17, 15) is 4.79 Å². The molecule has 0 saturated heterocycles. The first-order chi connectivity index (χ1) is 17.7. The van der Waals surface area contributed by atoms with Crippen LogP contribution in [-0.2, 0) is 32.6 Å². The van der Waals surface area contributed by atoms with Crippen LogP contribution in [0, 0.1) is 0 Å². The molecule has 0 radical (unpaired) electrons. The molecule has 6 rings (SSSR count). The molecular formula is C29H30N6O. The Morgan fingerprint density at radius 2 is 1.69 bits per heavy atom. The number of hydrogen-bond donors (Lipinski definition) is 1. The lowest BCUT2D eigenvalue weighted by Gasteiger charge is -2.20. The second-order valence-electron chi connectivity index (χ2n) is 9.37. The number of aryl methyl sites for hydroxylation is 1. The van der Waals surface area contributed by atoms with Crippen LogP contribution >= 0.6 is 0 Å². The van der Waals surface area contributed by atoms with Crippen LogP contribution in [-0.4, -0.2) is 43.2 Å². The van der Waals surface area contributed by atoms with E-state index in [1.165, 1.54) is 27.4 Å². The first-order valence-corrected chi connectivity index (χ1v) is 12.7. The van der Waals surface area contributed by atoms with Crippen molar-refractivity contribution < 1.29 is 4.79 Å². The lowest BCUT2D eigenvalue weighted by Crippen LogP contribution is -2.28. The predicted octanol–water partition coefficient (Wildman–Crippen LogP) is 4.39. The molecular weight excluding hydrogens is 448 g/mol. The maximum atomic E-state index is 12.4. The fraction of sp³-hybridized carbons (Fsp3) is 0.276. The Kier molecular flexibility index (Phi) is 5.99. The number of amides is 1. The summed E-state index contributed by atoms with van der Waals surface area (Å²) in [5, 5.41) is 14.4. The van der Waals surface area contributed by atoms with Gasteiger partial charge >= 0.3 is 0 Å². The summed E-state index contributed by atoms with van der Waals surface area (Å²) in [6.07, 6.45) is 0.844. The van der Waals surface area contributed by atoms with Gasteiger partial charge < -0.3 is 14.5 Å². The SMILES string of the molecule is CCn1c2ccccc2c2cc(CN3CCc4nnc(CNC(=O)c5ccccc5)n4CC3)ccc21. The molecule has 3 heterocycles. The number of rotatable bonds is 6. The van der Waals surface area contributed by atoms with Crippen molar-refractivity contribution in [2.75, 3.05) is 13.1 Å². The molecule has 36 heavy (non-hydrogen) atoms. The van der Waals surface area contributed by atoms with E-state index in [4.69, 9.17) is 0 Å². The number of nitrogens with zero attached hydrogens (tertiary/aromatic N) is 5. The van der Waals surface area contributed by atoms with Crippen LogP contribution in [0.1, 0.15) is 34.5 Å². The standard InChI is InChI=1S/C29H30N6O/c1-2-34-25-11-7-6-10-23(25)24-18-21(12-13-26(24)34)20-33-15-14-27-31-32-28(35(27)17-16-33)19-30-29(36)22-8-4-3-5-9-22/h3-13,18H,2,14-17,19-20H2,1H3,(H,30,36). The summed E-state index contributed by atoms with van der Waals surface area (Å²) in [5.74, 6) is 1.70. The number of para-hydroxylation sites is 1. The number of carbonyl (C=O) groups is 1. The van der Waals surface area contributed by atoms with E-state index in [0.717, 1.165) is 50.8 Å². The Bertz CT molecular complexity index is 1530. The van der Waals surface area contributed by atoms with Crippen LogP contribution < -0.4 is 5.32 Å². The average Bonchev–Trinajstić information content (AvgIpc) is 3.39. The number of nitrogens with one attached hydrogen (secondary N) is 1. The van der Waals surface area contributed by atoms with Crippen LogP contribution in [0.15, 0.2) is 72.8 Å². The molecule has 0 spiro atoms. The van der Waals surface area contributed by atoms with Crippen molar-refractivity contribution in [2.45, 2.75) is 39.5 Å². The Morgan fingerprint density at radius 1 is 0.889 bits per heavy atom. The van der Waals surface area contributed by atoms with E-state index in [0.29, 0.717) is 12.1 Å². The summed E-state index contributed by atoms with van der Waals surface area (Å²) in [6.45, 7) is 7.11. The van der Waals surface area contributed by atoms with E-state index in [2.05, 4.69) is 78.9 Å². The fourth-order valence-corrected chi connectivity index (χ4v) is 5.36. The zero-order chi connectivity index (χ0) is 24.5. The van der Waals surface area contributed by atoms with Crippen molar-refractivity contribution in [1.29, 1.82) is 0 Å². The summed E-state index contributed by atoms with van der Waals surface area (Å²) < 4.78 is 4.56. The topological polar surface area (TPSA) is 68.0 Å². The summed E-state index contributed by atoms with van der Waals surface area (Å²) in [6, 6.07) is 24.8. The van der Waals surface area contributed by atoms with Gasteiger partial charge in [0, 0.05) is 66.5 Å². The molecule has 1 aliphatic heterocycles. The van der Waals surface area contributed by atoms with Gasteiger partial charge in [0.15, 0.2) is 5.82 Å². The molecule has 0 atom stereocenters. The predicted molar refractivity (Wildman–Crippen MR) is 142 cm³/mol. The molecule has 0 aliphatic carbocycles. The molecule has 7 nitrogen and oxygen atoms in total. The van der Waals surface area contributed by atoms with E-state index in [1.807, 2.05) is 30.3 Å². The minimum Gasteiger partial charge on any atom is -0.345 e. The average molecular weight is 479 g/mol. The Hall–Kier alpha value is -3.97. The van der Waals surface area contributed by atoms with Crippen molar-refractivity contribution in [3.8, 4) is 0 Å². The third-order valence-electron chi connectivity index (χ3n) is 7.20. The van der Waals surface area contributed by atoms with Gasteiger partial charge in [0.1, 0.15) is 5.82 Å². The Morgan fingerprint density at radius 3 is 2.56 bits per heavy atom. The first kappa shape index (κ1) is 22.5. The van der Waals surface area contributed by atoms with E-state index in [-0.39, 0.29) is 5.91 Å². The largest absolute Gasteiger partial charge is 0.345 e. The van der Waals surface area contributed by atoms with Crippen LogP contribution in [0.5, 0.6) is 0 Å². The molecule has 0 unspecified atom stereocenters. The molecule has 3 aromatic carbocycles. The third kappa shape index (κ3) is 4.16. The molecule has 1 amide bonds. The van der Waals surface area contributed by atoms with Gasteiger partial charge in [-0.05, 0) is 42.8 Å². The zero-order valence-electron chi connectivity index (χ0n) is 20.5. The second-order valence-corrected chi connectivity index (χ2v) is 9.37. The number of fused-ring (bicyclic) bond motifs is 4. The van der Waals surface area contributed by atoms with E-state index < -0.39 is 0 Å². The third-order valence-corrected chi connectivity index (χ3v) is 7.20. The van der Waals surface area contributed by atoms with Crippen LogP contribution in [0.3, 0.4) is 0 Å². The van der Waals surface area contributed by atoms with Gasteiger partial charge in [-0.15, -0.1) is 10.2 Å². The number of hydrogen-bond acceptors (Lipinski definition) is 4. The highest BCUT2D eigenvalue weighted by Gasteiger charge is 2.20. The van der Waals surface area contributed by atoms with Crippen molar-refractivity contribution in [3.63, 3.8) is 0 Å². The van der Waals surface area contributed by atoms with Gasteiger partial charge in [-0.1, -0.05) is 42.5 Å². The molecule has 7 heteroatoms. The number of aromatic nitrogens is 4. The summed E-state index contributed by atoms with van der Waals surface area (Å²) in [4.78, 5) is 14.9. The Labute approximate surface area is 210 Å². The smallest absolute Gasteiger partial charge is 0.251 e. The highest BCUT2D eigenvalue weighted by molar-refractivity contribution is 6.08. The summed E-state index contributed by atoms with van der Waals surface area (Å²) in [5.41, 5.74) is 4.58. The molecule has 0 bridgehead atoms. The van der Waals surface area contributed by atoms with Crippen molar-refractivity contribution in [2.24, 2.45) is 0 Å². The monoisotopic (exact) mass is 478 g/mol. The van der Waals surface area contributed by atoms with Crippen LogP contribution in [0.25, 0.3) is 21.8 Å². The van der Waals surface area contributed by atoms with Gasteiger partial charge in [-0.25, -0.2) is 0 Å². The summed E-state index contributed by atoms with van der Waals surface area (Å²) in [7, 11) is 0.